The van der Waals surface area contributed by atoms with Gasteiger partial charge in [0, 0.05) is 35.4 Å². The summed E-state index contributed by atoms with van der Waals surface area (Å²) in [4.78, 5) is 3.44. The van der Waals surface area contributed by atoms with Gasteiger partial charge in [-0.15, -0.1) is 11.8 Å². The summed E-state index contributed by atoms with van der Waals surface area (Å²) >= 11 is 1.74. The molecule has 0 aliphatic rings. The van der Waals surface area contributed by atoms with Crippen LogP contribution in [0.4, 0.5) is 11.4 Å². The molecule has 100 valence electrons. The standard InChI is InChI=1S/C16H20N2S/c1-12-7-9-13(10-8-12)18(2)15-5-4-6-16(19-3)14(15)11-17/h4-10H,11,17H2,1-3H3. The molecule has 0 unspecified atom stereocenters. The number of hydrogen-bond acceptors (Lipinski definition) is 3. The molecule has 0 aliphatic carbocycles. The first kappa shape index (κ1) is 14.0. The van der Waals surface area contributed by atoms with E-state index in [1.54, 1.807) is 11.8 Å². The van der Waals surface area contributed by atoms with Crippen LogP contribution >= 0.6 is 11.8 Å². The molecule has 0 radical (unpaired) electrons. The van der Waals surface area contributed by atoms with Crippen molar-refractivity contribution in [3.8, 4) is 0 Å². The van der Waals surface area contributed by atoms with E-state index < -0.39 is 0 Å². The van der Waals surface area contributed by atoms with Gasteiger partial charge in [0.15, 0.2) is 0 Å². The van der Waals surface area contributed by atoms with Gasteiger partial charge in [-0.3, -0.25) is 0 Å². The van der Waals surface area contributed by atoms with Crippen LogP contribution in [-0.2, 0) is 6.54 Å². The van der Waals surface area contributed by atoms with Crippen LogP contribution < -0.4 is 10.6 Å². The van der Waals surface area contributed by atoms with Crippen molar-refractivity contribution < 1.29 is 0 Å². The van der Waals surface area contributed by atoms with Crippen LogP contribution in [0.2, 0.25) is 0 Å². The number of thioether (sulfide) groups is 1. The maximum absolute atomic E-state index is 5.93. The minimum atomic E-state index is 0.558. The van der Waals surface area contributed by atoms with E-state index in [0.717, 1.165) is 0 Å². The molecule has 0 amide bonds. The third kappa shape index (κ3) is 2.94. The Labute approximate surface area is 119 Å². The van der Waals surface area contributed by atoms with Gasteiger partial charge in [-0.2, -0.15) is 0 Å². The summed E-state index contributed by atoms with van der Waals surface area (Å²) in [5, 5.41) is 0. The molecule has 0 spiro atoms. The highest BCUT2D eigenvalue weighted by Crippen LogP contribution is 2.32. The fourth-order valence-electron chi connectivity index (χ4n) is 2.17. The molecule has 0 saturated carbocycles. The number of rotatable bonds is 4. The molecule has 2 N–H and O–H groups in total. The molecule has 0 bridgehead atoms. The summed E-state index contributed by atoms with van der Waals surface area (Å²) in [5.74, 6) is 0. The van der Waals surface area contributed by atoms with Crippen molar-refractivity contribution in [3.63, 3.8) is 0 Å². The van der Waals surface area contributed by atoms with Gasteiger partial charge in [-0.1, -0.05) is 23.8 Å². The molecule has 2 nitrogen and oxygen atoms in total. The minimum Gasteiger partial charge on any atom is -0.344 e. The lowest BCUT2D eigenvalue weighted by Crippen LogP contribution is -2.14. The van der Waals surface area contributed by atoms with E-state index in [9.17, 15) is 0 Å². The molecule has 0 saturated heterocycles. The highest BCUT2D eigenvalue weighted by Gasteiger charge is 2.11. The second-order valence-corrected chi connectivity index (χ2v) is 5.40. The van der Waals surface area contributed by atoms with Crippen molar-refractivity contribution in [2.75, 3.05) is 18.2 Å². The summed E-state index contributed by atoms with van der Waals surface area (Å²) in [7, 11) is 2.09. The smallest absolute Gasteiger partial charge is 0.0464 e. The Morgan fingerprint density at radius 1 is 1.11 bits per heavy atom. The second-order valence-electron chi connectivity index (χ2n) is 4.56. The van der Waals surface area contributed by atoms with Crippen LogP contribution in [0.15, 0.2) is 47.4 Å². The van der Waals surface area contributed by atoms with E-state index in [1.807, 2.05) is 0 Å². The summed E-state index contributed by atoms with van der Waals surface area (Å²) in [6.07, 6.45) is 2.09. The van der Waals surface area contributed by atoms with Gasteiger partial charge in [0.05, 0.1) is 0 Å². The van der Waals surface area contributed by atoms with Gasteiger partial charge in [0.2, 0.25) is 0 Å². The van der Waals surface area contributed by atoms with E-state index in [4.69, 9.17) is 5.73 Å². The number of nitrogens with zero attached hydrogens (tertiary/aromatic N) is 1. The molecule has 2 rings (SSSR count). The van der Waals surface area contributed by atoms with E-state index in [-0.39, 0.29) is 0 Å². The normalized spacial score (nSPS) is 10.5. The molecular formula is C16H20N2S. The zero-order valence-electron chi connectivity index (χ0n) is 11.7. The van der Waals surface area contributed by atoms with E-state index >= 15 is 0 Å². The Kier molecular flexibility index (Phi) is 4.51. The van der Waals surface area contributed by atoms with Crippen LogP contribution in [0.3, 0.4) is 0 Å². The van der Waals surface area contributed by atoms with Gasteiger partial charge < -0.3 is 10.6 Å². The van der Waals surface area contributed by atoms with Crippen LogP contribution in [0.25, 0.3) is 0 Å². The number of nitrogens with two attached hydrogens (primary N) is 1. The molecule has 0 heterocycles. The minimum absolute atomic E-state index is 0.558. The lowest BCUT2D eigenvalue weighted by atomic mass is 10.1. The van der Waals surface area contributed by atoms with E-state index in [2.05, 4.69) is 67.6 Å². The molecule has 0 fully saturated rings. The molecule has 3 heteroatoms. The van der Waals surface area contributed by atoms with Crippen molar-refractivity contribution in [3.05, 3.63) is 53.6 Å². The van der Waals surface area contributed by atoms with Crippen LogP contribution in [-0.4, -0.2) is 13.3 Å². The maximum Gasteiger partial charge on any atom is 0.0464 e. The highest BCUT2D eigenvalue weighted by molar-refractivity contribution is 7.98. The van der Waals surface area contributed by atoms with E-state index in [1.165, 1.54) is 27.4 Å². The average Bonchev–Trinajstić information content (AvgIpc) is 2.46. The first-order chi connectivity index (χ1) is 9.17. The first-order valence-electron chi connectivity index (χ1n) is 6.33. The lowest BCUT2D eigenvalue weighted by Gasteiger charge is -2.23. The number of aryl methyl sites for hydroxylation is 1. The lowest BCUT2D eigenvalue weighted by molar-refractivity contribution is 1.01. The van der Waals surface area contributed by atoms with Gasteiger partial charge in [0.1, 0.15) is 0 Å². The predicted molar refractivity (Wildman–Crippen MR) is 85.4 cm³/mol. The Morgan fingerprint density at radius 3 is 2.37 bits per heavy atom. The van der Waals surface area contributed by atoms with Crippen molar-refractivity contribution in [2.45, 2.75) is 18.4 Å². The van der Waals surface area contributed by atoms with Gasteiger partial charge in [0.25, 0.3) is 0 Å². The predicted octanol–water partition coefficient (Wildman–Crippen LogP) is 3.94. The van der Waals surface area contributed by atoms with Gasteiger partial charge >= 0.3 is 0 Å². The fourth-order valence-corrected chi connectivity index (χ4v) is 2.82. The highest BCUT2D eigenvalue weighted by atomic mass is 32.2. The quantitative estimate of drug-likeness (QED) is 0.855. The SMILES string of the molecule is CSc1cccc(N(C)c2ccc(C)cc2)c1CN. The topological polar surface area (TPSA) is 29.3 Å². The molecular weight excluding hydrogens is 252 g/mol. The summed E-state index contributed by atoms with van der Waals surface area (Å²) < 4.78 is 0. The van der Waals surface area contributed by atoms with Crippen molar-refractivity contribution in [1.29, 1.82) is 0 Å². The van der Waals surface area contributed by atoms with Crippen molar-refractivity contribution in [1.82, 2.24) is 0 Å². The second kappa shape index (κ2) is 6.13. The molecule has 2 aromatic carbocycles. The zero-order chi connectivity index (χ0) is 13.8. The van der Waals surface area contributed by atoms with Gasteiger partial charge in [-0.05, 0) is 37.4 Å². The number of anilines is 2. The Hall–Kier alpha value is -1.45. The molecule has 0 atom stereocenters. The summed E-state index contributed by atoms with van der Waals surface area (Å²) in [6.45, 7) is 2.66. The third-order valence-electron chi connectivity index (χ3n) is 3.31. The Balaban J connectivity index is 2.43. The van der Waals surface area contributed by atoms with Crippen LogP contribution in [0, 0.1) is 6.92 Å². The zero-order valence-corrected chi connectivity index (χ0v) is 12.5. The van der Waals surface area contributed by atoms with Gasteiger partial charge in [-0.25, -0.2) is 0 Å². The number of benzene rings is 2. The third-order valence-corrected chi connectivity index (χ3v) is 4.14. The molecule has 0 aliphatic heterocycles. The summed E-state index contributed by atoms with van der Waals surface area (Å²) in [6, 6.07) is 14.9. The first-order valence-corrected chi connectivity index (χ1v) is 7.56. The maximum atomic E-state index is 5.93. The van der Waals surface area contributed by atoms with E-state index in [0.29, 0.717) is 6.54 Å². The van der Waals surface area contributed by atoms with Crippen LogP contribution in [0.5, 0.6) is 0 Å². The Morgan fingerprint density at radius 2 is 1.79 bits per heavy atom. The Bertz CT molecular complexity index is 549. The average molecular weight is 272 g/mol. The molecule has 19 heavy (non-hydrogen) atoms. The fraction of sp³-hybridized carbons (Fsp3) is 0.250. The largest absolute Gasteiger partial charge is 0.344 e. The summed E-state index contributed by atoms with van der Waals surface area (Å²) in [5.41, 5.74) is 10.8. The molecule has 2 aromatic rings. The monoisotopic (exact) mass is 272 g/mol. The van der Waals surface area contributed by atoms with Crippen molar-refractivity contribution >= 4 is 23.1 Å². The molecule has 0 aromatic heterocycles. The van der Waals surface area contributed by atoms with Crippen LogP contribution in [0.1, 0.15) is 11.1 Å². The van der Waals surface area contributed by atoms with Crippen molar-refractivity contribution in [2.24, 2.45) is 5.73 Å². The number of hydrogen-bond donors (Lipinski definition) is 1.